The molecule has 1 aliphatic rings. The third-order valence-corrected chi connectivity index (χ3v) is 11.5. The molecule has 1 aliphatic heterocycles. The van der Waals surface area contributed by atoms with E-state index in [2.05, 4.69) is 0 Å². The molecule has 0 N–H and O–H groups in total. The van der Waals surface area contributed by atoms with Gasteiger partial charge in [0.1, 0.15) is 5.82 Å². The first kappa shape index (κ1) is 25.5. The van der Waals surface area contributed by atoms with E-state index in [1.54, 1.807) is 0 Å². The molecular formula is C20H11F7O5S3. The predicted octanol–water partition coefficient (Wildman–Crippen LogP) is 6.16. The molecule has 0 saturated heterocycles. The SMILES string of the molecule is O=S(=O)(OS1(c2ccc(F)cc2)c2ccccc2-c2cc(S(=O)(=O)C(F)(F)F)ccc21)C(F)(F)F. The fourth-order valence-corrected chi connectivity index (χ4v) is 9.33. The lowest BCUT2D eigenvalue weighted by molar-refractivity contribution is -0.0496. The summed E-state index contributed by atoms with van der Waals surface area (Å²) in [5.41, 5.74) is -11.9. The minimum absolute atomic E-state index is 0.0431. The van der Waals surface area contributed by atoms with Crippen molar-refractivity contribution in [3.63, 3.8) is 0 Å². The van der Waals surface area contributed by atoms with E-state index in [0.717, 1.165) is 30.3 Å². The largest absolute Gasteiger partial charge is 0.524 e. The topological polar surface area (TPSA) is 77.5 Å². The predicted molar refractivity (Wildman–Crippen MR) is 110 cm³/mol. The molecule has 1 heterocycles. The molecule has 188 valence electrons. The van der Waals surface area contributed by atoms with E-state index < -0.39 is 52.0 Å². The molecule has 3 aromatic carbocycles. The van der Waals surface area contributed by atoms with Crippen molar-refractivity contribution in [1.29, 1.82) is 0 Å². The Morgan fingerprint density at radius 1 is 0.686 bits per heavy atom. The second-order valence-electron chi connectivity index (χ2n) is 7.08. The van der Waals surface area contributed by atoms with E-state index in [1.165, 1.54) is 24.3 Å². The van der Waals surface area contributed by atoms with Crippen molar-refractivity contribution in [3.05, 3.63) is 72.5 Å². The zero-order valence-corrected chi connectivity index (χ0v) is 19.2. The summed E-state index contributed by atoms with van der Waals surface area (Å²) < 4.78 is 146. The van der Waals surface area contributed by atoms with Gasteiger partial charge < -0.3 is 0 Å². The van der Waals surface area contributed by atoms with Crippen molar-refractivity contribution in [2.24, 2.45) is 0 Å². The van der Waals surface area contributed by atoms with Crippen molar-refractivity contribution < 1.29 is 51.2 Å². The molecule has 0 bridgehead atoms. The van der Waals surface area contributed by atoms with Gasteiger partial charge in [0.2, 0.25) is 0 Å². The van der Waals surface area contributed by atoms with Crippen LogP contribution in [0.25, 0.3) is 11.1 Å². The van der Waals surface area contributed by atoms with Gasteiger partial charge in [-0.15, -0.1) is 0 Å². The first-order valence-corrected chi connectivity index (χ1v) is 13.6. The number of benzene rings is 3. The van der Waals surface area contributed by atoms with Gasteiger partial charge in [-0.2, -0.15) is 38.4 Å². The lowest BCUT2D eigenvalue weighted by atomic mass is 10.1. The molecule has 0 fully saturated rings. The maximum atomic E-state index is 13.6. The number of fused-ring (bicyclic) bond motifs is 3. The second-order valence-corrected chi connectivity index (χ2v) is 13.4. The van der Waals surface area contributed by atoms with Gasteiger partial charge in [-0.05, 0) is 70.0 Å². The van der Waals surface area contributed by atoms with E-state index in [4.69, 9.17) is 3.63 Å². The Balaban J connectivity index is 2.11. The number of rotatable bonds is 4. The molecule has 0 spiro atoms. The fraction of sp³-hybridized carbons (Fsp3) is 0.100. The van der Waals surface area contributed by atoms with Crippen molar-refractivity contribution in [3.8, 4) is 11.1 Å². The van der Waals surface area contributed by atoms with Crippen LogP contribution in [0.15, 0.2) is 86.3 Å². The maximum absolute atomic E-state index is 13.6. The highest BCUT2D eigenvalue weighted by Crippen LogP contribution is 2.77. The van der Waals surface area contributed by atoms with Crippen molar-refractivity contribution in [2.45, 2.75) is 30.6 Å². The van der Waals surface area contributed by atoms with Gasteiger partial charge in [-0.25, -0.2) is 12.8 Å². The Kier molecular flexibility index (Phi) is 5.78. The van der Waals surface area contributed by atoms with Gasteiger partial charge in [-0.3, -0.25) is 0 Å². The summed E-state index contributed by atoms with van der Waals surface area (Å²) in [6.07, 6.45) is 0. The molecule has 4 rings (SSSR count). The number of hydrogen-bond acceptors (Lipinski definition) is 5. The molecular weight excluding hydrogens is 549 g/mol. The Bertz CT molecular complexity index is 1530. The van der Waals surface area contributed by atoms with Crippen LogP contribution in [0.3, 0.4) is 0 Å². The average Bonchev–Trinajstić information content (AvgIpc) is 3.03. The van der Waals surface area contributed by atoms with Gasteiger partial charge in [0.05, 0.1) is 4.90 Å². The Morgan fingerprint density at radius 2 is 1.26 bits per heavy atom. The van der Waals surface area contributed by atoms with E-state index in [9.17, 15) is 47.6 Å². The highest BCUT2D eigenvalue weighted by atomic mass is 32.3. The standard InChI is InChI=1S/C20H11F7O5S3/c21-12-5-7-13(8-6-12)33(32-35(30,31)20(25,26)27)17-4-2-1-3-15(17)16-11-14(9-10-18(16)33)34(28,29)19(22,23)24/h1-11H. The van der Waals surface area contributed by atoms with Crippen molar-refractivity contribution in [1.82, 2.24) is 0 Å². The van der Waals surface area contributed by atoms with E-state index in [0.29, 0.717) is 12.1 Å². The minimum Gasteiger partial charge on any atom is -0.214 e. The molecule has 0 amide bonds. The minimum atomic E-state index is -6.30. The number of halogens is 7. The van der Waals surface area contributed by atoms with Crippen LogP contribution in [0.2, 0.25) is 0 Å². The molecule has 0 aliphatic carbocycles. The van der Waals surface area contributed by atoms with Gasteiger partial charge in [-0.1, -0.05) is 18.2 Å². The summed E-state index contributed by atoms with van der Waals surface area (Å²) in [6, 6.07) is 10.7. The molecule has 3 aromatic rings. The molecule has 15 heteroatoms. The Labute approximate surface area is 195 Å². The quantitative estimate of drug-likeness (QED) is 0.282. The van der Waals surface area contributed by atoms with Gasteiger partial charge in [0, 0.05) is 14.7 Å². The van der Waals surface area contributed by atoms with Crippen LogP contribution in [0.4, 0.5) is 30.7 Å². The number of alkyl halides is 6. The molecule has 5 nitrogen and oxygen atoms in total. The van der Waals surface area contributed by atoms with Crippen molar-refractivity contribution in [2.75, 3.05) is 0 Å². The van der Waals surface area contributed by atoms with Crippen LogP contribution in [0.1, 0.15) is 0 Å². The molecule has 35 heavy (non-hydrogen) atoms. The van der Waals surface area contributed by atoms with Gasteiger partial charge in [0.25, 0.3) is 9.84 Å². The molecule has 0 radical (unpaired) electrons. The van der Waals surface area contributed by atoms with Crippen LogP contribution in [0.5, 0.6) is 0 Å². The summed E-state index contributed by atoms with van der Waals surface area (Å²) in [7, 11) is -16.0. The zero-order valence-electron chi connectivity index (χ0n) is 16.8. The summed E-state index contributed by atoms with van der Waals surface area (Å²) in [6.45, 7) is 0. The summed E-state index contributed by atoms with van der Waals surface area (Å²) in [5.74, 6) is -0.805. The number of hydrogen-bond donors (Lipinski definition) is 0. The Hall–Kier alpha value is -2.62. The maximum Gasteiger partial charge on any atom is 0.524 e. The van der Waals surface area contributed by atoms with Crippen LogP contribution < -0.4 is 0 Å². The summed E-state index contributed by atoms with van der Waals surface area (Å²) in [5, 5.41) is 0. The highest BCUT2D eigenvalue weighted by Gasteiger charge is 2.55. The molecule has 1 atom stereocenters. The molecule has 1 unspecified atom stereocenters. The fourth-order valence-electron chi connectivity index (χ4n) is 3.50. The van der Waals surface area contributed by atoms with E-state index in [-0.39, 0.29) is 25.8 Å². The van der Waals surface area contributed by atoms with E-state index >= 15 is 0 Å². The summed E-state index contributed by atoms with van der Waals surface area (Å²) in [4.78, 5) is -1.88. The van der Waals surface area contributed by atoms with Gasteiger partial charge in [0.15, 0.2) is 0 Å². The zero-order chi connectivity index (χ0) is 26.0. The van der Waals surface area contributed by atoms with Crippen LogP contribution in [0, 0.1) is 5.82 Å². The monoisotopic (exact) mass is 560 g/mol. The summed E-state index contributed by atoms with van der Waals surface area (Å²) >= 11 is 0. The van der Waals surface area contributed by atoms with Gasteiger partial charge >= 0.3 is 21.1 Å². The van der Waals surface area contributed by atoms with Crippen LogP contribution in [-0.4, -0.2) is 27.9 Å². The third kappa shape index (κ3) is 3.90. The molecule has 0 aromatic heterocycles. The van der Waals surface area contributed by atoms with Crippen LogP contribution >= 0.6 is 10.3 Å². The lowest BCUT2D eigenvalue weighted by Crippen LogP contribution is -2.27. The second kappa shape index (κ2) is 7.94. The third-order valence-electron chi connectivity index (χ3n) is 4.98. The van der Waals surface area contributed by atoms with Crippen molar-refractivity contribution >= 4 is 30.3 Å². The highest BCUT2D eigenvalue weighted by molar-refractivity contribution is 8.33. The number of sulfone groups is 1. The first-order chi connectivity index (χ1) is 16.0. The molecule has 0 saturated carbocycles. The lowest BCUT2D eigenvalue weighted by Gasteiger charge is -2.36. The van der Waals surface area contributed by atoms with E-state index in [1.807, 2.05) is 0 Å². The average molecular weight is 560 g/mol. The first-order valence-electron chi connectivity index (χ1n) is 9.18. The van der Waals surface area contributed by atoms with Crippen LogP contribution in [-0.2, 0) is 23.6 Å². The normalized spacial score (nSPS) is 20.1. The smallest absolute Gasteiger partial charge is 0.214 e. The Morgan fingerprint density at radius 3 is 1.83 bits per heavy atom.